The summed E-state index contributed by atoms with van der Waals surface area (Å²) >= 11 is 0. The zero-order chi connectivity index (χ0) is 12.5. The maximum atomic E-state index is 5.63. The molecule has 0 saturated carbocycles. The van der Waals surface area contributed by atoms with Gasteiger partial charge in [0.05, 0.1) is 20.8 Å². The summed E-state index contributed by atoms with van der Waals surface area (Å²) in [6, 6.07) is 5.58. The predicted octanol–water partition coefficient (Wildman–Crippen LogP) is 2.08. The molecule has 0 atom stereocenters. The van der Waals surface area contributed by atoms with Crippen molar-refractivity contribution in [2.45, 2.75) is 12.8 Å². The maximum absolute atomic E-state index is 5.63. The van der Waals surface area contributed by atoms with E-state index in [2.05, 4.69) is 5.32 Å². The Morgan fingerprint density at radius 2 is 1.82 bits per heavy atom. The Balaban J connectivity index is 2.43. The zero-order valence-electron chi connectivity index (χ0n) is 10.8. The van der Waals surface area contributed by atoms with Crippen molar-refractivity contribution in [2.75, 3.05) is 34.4 Å². The fourth-order valence-corrected chi connectivity index (χ4v) is 1.50. The van der Waals surface area contributed by atoms with Crippen molar-refractivity contribution in [1.29, 1.82) is 0 Å². The van der Waals surface area contributed by atoms with E-state index >= 15 is 0 Å². The molecule has 1 N–H and O–H groups in total. The third kappa shape index (κ3) is 4.53. The second-order valence-electron chi connectivity index (χ2n) is 3.68. The number of unbranched alkanes of at least 4 members (excludes halogenated alkanes) is 1. The Bertz CT molecular complexity index is 328. The Morgan fingerprint density at radius 3 is 2.47 bits per heavy atom. The van der Waals surface area contributed by atoms with Crippen molar-refractivity contribution in [3.63, 3.8) is 0 Å². The minimum Gasteiger partial charge on any atom is -0.493 e. The van der Waals surface area contributed by atoms with Gasteiger partial charge in [-0.05, 0) is 38.6 Å². The van der Waals surface area contributed by atoms with Gasteiger partial charge in [0.1, 0.15) is 5.75 Å². The number of benzene rings is 1. The van der Waals surface area contributed by atoms with Crippen molar-refractivity contribution in [2.24, 2.45) is 0 Å². The maximum Gasteiger partial charge on any atom is 0.164 e. The molecule has 0 aromatic heterocycles. The standard InChI is InChI=1S/C13H21NO3/c1-14-8-4-5-9-17-11-6-7-12(15-2)13(10-11)16-3/h6-7,10,14H,4-5,8-9H2,1-3H3. The van der Waals surface area contributed by atoms with Gasteiger partial charge in [-0.1, -0.05) is 0 Å². The molecule has 0 heterocycles. The molecule has 0 saturated heterocycles. The first-order valence-electron chi connectivity index (χ1n) is 5.81. The number of hydrogen-bond acceptors (Lipinski definition) is 4. The summed E-state index contributed by atoms with van der Waals surface area (Å²) in [7, 11) is 5.19. The molecule has 0 fully saturated rings. The number of rotatable bonds is 8. The molecule has 0 spiro atoms. The fraction of sp³-hybridized carbons (Fsp3) is 0.538. The van der Waals surface area contributed by atoms with Gasteiger partial charge in [0.15, 0.2) is 11.5 Å². The highest BCUT2D eigenvalue weighted by Gasteiger charge is 2.04. The third-order valence-electron chi connectivity index (χ3n) is 2.44. The predicted molar refractivity (Wildman–Crippen MR) is 68.2 cm³/mol. The Labute approximate surface area is 103 Å². The summed E-state index contributed by atoms with van der Waals surface area (Å²) in [5, 5.41) is 3.11. The van der Waals surface area contributed by atoms with E-state index in [0.29, 0.717) is 5.75 Å². The average Bonchev–Trinajstić information content (AvgIpc) is 2.38. The molecule has 0 amide bonds. The van der Waals surface area contributed by atoms with Gasteiger partial charge in [0.2, 0.25) is 0 Å². The van der Waals surface area contributed by atoms with Gasteiger partial charge in [0.25, 0.3) is 0 Å². The summed E-state index contributed by atoms with van der Waals surface area (Å²) in [4.78, 5) is 0. The van der Waals surface area contributed by atoms with E-state index in [1.807, 2.05) is 25.2 Å². The molecule has 0 unspecified atom stereocenters. The normalized spacial score (nSPS) is 10.1. The van der Waals surface area contributed by atoms with Crippen LogP contribution in [0, 0.1) is 0 Å². The fourth-order valence-electron chi connectivity index (χ4n) is 1.50. The summed E-state index contributed by atoms with van der Waals surface area (Å²) in [6.07, 6.45) is 2.15. The largest absolute Gasteiger partial charge is 0.493 e. The molecule has 0 aliphatic rings. The molecule has 96 valence electrons. The van der Waals surface area contributed by atoms with Crippen LogP contribution in [0.4, 0.5) is 0 Å². The summed E-state index contributed by atoms with van der Waals surface area (Å²) in [5.74, 6) is 2.22. The minimum atomic E-state index is 0.695. The number of hydrogen-bond donors (Lipinski definition) is 1. The van der Waals surface area contributed by atoms with Crippen LogP contribution in [0.1, 0.15) is 12.8 Å². The topological polar surface area (TPSA) is 39.7 Å². The lowest BCUT2D eigenvalue weighted by molar-refractivity contribution is 0.301. The van der Waals surface area contributed by atoms with Crippen LogP contribution >= 0.6 is 0 Å². The van der Waals surface area contributed by atoms with Gasteiger partial charge in [-0.25, -0.2) is 0 Å². The van der Waals surface area contributed by atoms with E-state index in [1.165, 1.54) is 0 Å². The second kappa shape index (κ2) is 7.79. The van der Waals surface area contributed by atoms with Crippen LogP contribution in [0.25, 0.3) is 0 Å². The quantitative estimate of drug-likeness (QED) is 0.705. The van der Waals surface area contributed by atoms with Crippen molar-refractivity contribution in [1.82, 2.24) is 5.32 Å². The monoisotopic (exact) mass is 239 g/mol. The van der Waals surface area contributed by atoms with Crippen LogP contribution < -0.4 is 19.5 Å². The van der Waals surface area contributed by atoms with Crippen molar-refractivity contribution in [3.8, 4) is 17.2 Å². The molecule has 1 aromatic rings. The van der Waals surface area contributed by atoms with Gasteiger partial charge >= 0.3 is 0 Å². The highest BCUT2D eigenvalue weighted by atomic mass is 16.5. The van der Waals surface area contributed by atoms with Crippen molar-refractivity contribution < 1.29 is 14.2 Å². The van der Waals surface area contributed by atoms with Crippen LogP contribution in [-0.2, 0) is 0 Å². The van der Waals surface area contributed by atoms with Gasteiger partial charge in [0, 0.05) is 6.07 Å². The van der Waals surface area contributed by atoms with Crippen molar-refractivity contribution >= 4 is 0 Å². The minimum absolute atomic E-state index is 0.695. The SMILES string of the molecule is CNCCCCOc1ccc(OC)c(OC)c1. The number of nitrogens with one attached hydrogen (secondary N) is 1. The van der Waals surface area contributed by atoms with E-state index in [-0.39, 0.29) is 0 Å². The Hall–Kier alpha value is -1.42. The molecular formula is C13H21NO3. The van der Waals surface area contributed by atoms with E-state index < -0.39 is 0 Å². The van der Waals surface area contributed by atoms with Crippen LogP contribution in [-0.4, -0.2) is 34.4 Å². The van der Waals surface area contributed by atoms with Crippen LogP contribution in [0.3, 0.4) is 0 Å². The molecule has 0 aliphatic heterocycles. The molecule has 1 rings (SSSR count). The van der Waals surface area contributed by atoms with Crippen LogP contribution in [0.2, 0.25) is 0 Å². The smallest absolute Gasteiger partial charge is 0.164 e. The molecule has 1 aromatic carbocycles. The molecule has 0 bridgehead atoms. The first-order valence-corrected chi connectivity index (χ1v) is 5.81. The second-order valence-corrected chi connectivity index (χ2v) is 3.68. The molecule has 4 heteroatoms. The lowest BCUT2D eigenvalue weighted by Gasteiger charge is -2.10. The zero-order valence-corrected chi connectivity index (χ0v) is 10.8. The summed E-state index contributed by atoms with van der Waals surface area (Å²) in [6.45, 7) is 1.74. The number of ether oxygens (including phenoxy) is 3. The molecule has 4 nitrogen and oxygen atoms in total. The van der Waals surface area contributed by atoms with E-state index in [4.69, 9.17) is 14.2 Å². The van der Waals surface area contributed by atoms with Gasteiger partial charge in [-0.15, -0.1) is 0 Å². The van der Waals surface area contributed by atoms with Gasteiger partial charge < -0.3 is 19.5 Å². The molecule has 0 radical (unpaired) electrons. The molecule has 17 heavy (non-hydrogen) atoms. The highest BCUT2D eigenvalue weighted by molar-refractivity contribution is 5.45. The summed E-state index contributed by atoms with van der Waals surface area (Å²) < 4.78 is 16.0. The van der Waals surface area contributed by atoms with E-state index in [1.54, 1.807) is 14.2 Å². The lowest BCUT2D eigenvalue weighted by atomic mass is 10.3. The number of methoxy groups -OCH3 is 2. The van der Waals surface area contributed by atoms with Crippen LogP contribution in [0.5, 0.6) is 17.2 Å². The van der Waals surface area contributed by atoms with Gasteiger partial charge in [-0.2, -0.15) is 0 Å². The van der Waals surface area contributed by atoms with Gasteiger partial charge in [-0.3, -0.25) is 0 Å². The first-order chi connectivity index (χ1) is 8.31. The Morgan fingerprint density at radius 1 is 1.06 bits per heavy atom. The third-order valence-corrected chi connectivity index (χ3v) is 2.44. The highest BCUT2D eigenvalue weighted by Crippen LogP contribution is 2.30. The molecular weight excluding hydrogens is 218 g/mol. The molecule has 0 aliphatic carbocycles. The van der Waals surface area contributed by atoms with E-state index in [0.717, 1.165) is 37.5 Å². The first kappa shape index (κ1) is 13.6. The lowest BCUT2D eigenvalue weighted by Crippen LogP contribution is -2.09. The Kier molecular flexibility index (Phi) is 6.25. The van der Waals surface area contributed by atoms with Crippen molar-refractivity contribution in [3.05, 3.63) is 18.2 Å². The average molecular weight is 239 g/mol. The van der Waals surface area contributed by atoms with E-state index in [9.17, 15) is 0 Å². The van der Waals surface area contributed by atoms with Crippen LogP contribution in [0.15, 0.2) is 18.2 Å². The summed E-state index contributed by atoms with van der Waals surface area (Å²) in [5.41, 5.74) is 0.